The van der Waals surface area contributed by atoms with Gasteiger partial charge in [-0.15, -0.1) is 0 Å². The maximum absolute atomic E-state index is 10.8. The fraction of sp³-hybridized carbons (Fsp3) is 0.714. The number of aliphatic hydroxyl groups is 4. The summed E-state index contributed by atoms with van der Waals surface area (Å²) in [4.78, 5) is 20.8. The molecule has 0 spiro atoms. The summed E-state index contributed by atoms with van der Waals surface area (Å²) < 4.78 is 10.5. The van der Waals surface area contributed by atoms with Crippen molar-refractivity contribution in [3.05, 3.63) is 0 Å². The Labute approximate surface area is 80.9 Å². The Bertz CT molecular complexity index is 221. The molecular weight excluding hydrogens is 196 g/mol. The van der Waals surface area contributed by atoms with Crippen LogP contribution in [0.1, 0.15) is 1.37 Å². The van der Waals surface area contributed by atoms with E-state index in [1.54, 1.807) is 0 Å². The summed E-state index contributed by atoms with van der Waals surface area (Å²) in [6.45, 7) is 0. The fourth-order valence-corrected chi connectivity index (χ4v) is 0.694. The molecule has 0 aromatic heterocycles. The Balaban J connectivity index is 4.35. The van der Waals surface area contributed by atoms with Crippen molar-refractivity contribution in [2.45, 2.75) is 24.4 Å². The minimum absolute atomic E-state index is 0.0591. The summed E-state index contributed by atoms with van der Waals surface area (Å²) in [5.74, 6) is -1.32. The van der Waals surface area contributed by atoms with Gasteiger partial charge in [-0.05, 0) is 0 Å². The van der Waals surface area contributed by atoms with E-state index >= 15 is 0 Å². The van der Waals surface area contributed by atoms with E-state index in [1.807, 2.05) is 0 Å². The lowest BCUT2D eigenvalue weighted by atomic mass is 10.0. The summed E-state index contributed by atoms with van der Waals surface area (Å²) >= 11 is 0. The second kappa shape index (κ2) is 5.66. The maximum atomic E-state index is 10.8. The first-order chi connectivity index (χ1) is 6.95. The standard InChI is InChI=1S/C7H12O7/c1-14-7(13)6(12)5(11)4(10)3(9)2-8/h2-6,9-12H,1H3/t3-,4+,5+,6-/m0/s1/i1D. The first-order valence-electron chi connectivity index (χ1n) is 4.29. The molecule has 0 aromatic rings. The third kappa shape index (κ3) is 3.04. The zero-order valence-corrected chi connectivity index (χ0v) is 7.11. The molecule has 0 rings (SSSR count). The highest BCUT2D eigenvalue weighted by Crippen LogP contribution is 2.05. The van der Waals surface area contributed by atoms with E-state index in [9.17, 15) is 9.59 Å². The minimum atomic E-state index is -2.13. The lowest BCUT2D eigenvalue weighted by Gasteiger charge is -2.22. The molecule has 7 nitrogen and oxygen atoms in total. The summed E-state index contributed by atoms with van der Waals surface area (Å²) in [5.41, 5.74) is 0. The van der Waals surface area contributed by atoms with Crippen LogP contribution in [0.15, 0.2) is 0 Å². The quantitative estimate of drug-likeness (QED) is 0.277. The van der Waals surface area contributed by atoms with Crippen LogP contribution in [0.4, 0.5) is 0 Å². The fourth-order valence-electron chi connectivity index (χ4n) is 0.694. The number of rotatable bonds is 5. The summed E-state index contributed by atoms with van der Waals surface area (Å²) in [7, 11) is -0.755. The van der Waals surface area contributed by atoms with Crippen LogP contribution in [0.3, 0.4) is 0 Å². The van der Waals surface area contributed by atoms with Crippen LogP contribution in [0.5, 0.6) is 0 Å². The van der Waals surface area contributed by atoms with E-state index in [2.05, 4.69) is 4.74 Å². The molecule has 0 saturated carbocycles. The number of hydrogen-bond acceptors (Lipinski definition) is 7. The molecule has 0 aromatic carbocycles. The summed E-state index contributed by atoms with van der Waals surface area (Å²) in [6, 6.07) is 0. The molecule has 0 aliphatic carbocycles. The minimum Gasteiger partial charge on any atom is -0.467 e. The van der Waals surface area contributed by atoms with Gasteiger partial charge in [0.25, 0.3) is 0 Å². The van der Waals surface area contributed by atoms with Crippen LogP contribution in [-0.2, 0) is 14.3 Å². The highest BCUT2D eigenvalue weighted by molar-refractivity contribution is 5.75. The second-order valence-corrected chi connectivity index (χ2v) is 2.52. The van der Waals surface area contributed by atoms with Gasteiger partial charge in [-0.2, -0.15) is 0 Å². The van der Waals surface area contributed by atoms with Gasteiger partial charge in [-0.1, -0.05) is 0 Å². The highest BCUT2D eigenvalue weighted by atomic mass is 16.5. The van der Waals surface area contributed by atoms with Crippen LogP contribution < -0.4 is 0 Å². The number of ether oxygens (including phenoxy) is 1. The van der Waals surface area contributed by atoms with Gasteiger partial charge in [0.2, 0.25) is 0 Å². The Morgan fingerprint density at radius 2 is 1.93 bits per heavy atom. The normalized spacial score (nSPS) is 20.1. The number of carbonyl (C=O) groups is 2. The van der Waals surface area contributed by atoms with E-state index in [-0.39, 0.29) is 6.29 Å². The molecular formula is C7H12O7. The molecule has 4 N–H and O–H groups in total. The average molecular weight is 209 g/mol. The van der Waals surface area contributed by atoms with Gasteiger partial charge >= 0.3 is 5.97 Å². The smallest absolute Gasteiger partial charge is 0.337 e. The van der Waals surface area contributed by atoms with E-state index < -0.39 is 37.5 Å². The van der Waals surface area contributed by atoms with Crippen molar-refractivity contribution in [3.63, 3.8) is 0 Å². The van der Waals surface area contributed by atoms with Gasteiger partial charge in [-0.3, -0.25) is 0 Å². The van der Waals surface area contributed by atoms with Gasteiger partial charge in [0.15, 0.2) is 12.4 Å². The molecule has 14 heavy (non-hydrogen) atoms. The molecule has 7 heteroatoms. The Kier molecular flexibility index (Phi) is 4.47. The van der Waals surface area contributed by atoms with E-state index in [4.69, 9.17) is 21.8 Å². The zero-order valence-electron chi connectivity index (χ0n) is 8.11. The van der Waals surface area contributed by atoms with Gasteiger partial charge in [-0.25, -0.2) is 4.79 Å². The SMILES string of the molecule is [2H]COC(=O)[C@@H](O)[C@H](O)[C@H](O)[C@@H](O)C=O. The molecule has 0 radical (unpaired) electrons. The van der Waals surface area contributed by atoms with Crippen molar-refractivity contribution in [1.29, 1.82) is 0 Å². The van der Waals surface area contributed by atoms with Gasteiger partial charge in [0.1, 0.15) is 18.3 Å². The molecule has 82 valence electrons. The van der Waals surface area contributed by atoms with Crippen LogP contribution >= 0.6 is 0 Å². The number of esters is 1. The van der Waals surface area contributed by atoms with Gasteiger partial charge < -0.3 is 30.0 Å². The number of methoxy groups -OCH3 is 1. The number of aldehydes is 1. The number of hydrogen-bond donors (Lipinski definition) is 4. The monoisotopic (exact) mass is 209 g/mol. The number of carbonyl (C=O) groups excluding carboxylic acids is 2. The lowest BCUT2D eigenvalue weighted by Crippen LogP contribution is -2.48. The molecule has 0 fully saturated rings. The van der Waals surface area contributed by atoms with Crippen LogP contribution in [0.2, 0.25) is 0 Å². The molecule has 0 heterocycles. The predicted molar refractivity (Wildman–Crippen MR) is 42.1 cm³/mol. The van der Waals surface area contributed by atoms with Crippen LogP contribution in [0.25, 0.3) is 0 Å². The van der Waals surface area contributed by atoms with Crippen LogP contribution in [-0.4, -0.2) is 64.2 Å². The van der Waals surface area contributed by atoms with Crippen molar-refractivity contribution in [1.82, 2.24) is 0 Å². The van der Waals surface area contributed by atoms with Crippen molar-refractivity contribution < 1.29 is 36.1 Å². The van der Waals surface area contributed by atoms with E-state index in [0.717, 1.165) is 0 Å². The maximum Gasteiger partial charge on any atom is 0.337 e. The van der Waals surface area contributed by atoms with Crippen molar-refractivity contribution in [2.24, 2.45) is 0 Å². The van der Waals surface area contributed by atoms with E-state index in [1.165, 1.54) is 0 Å². The van der Waals surface area contributed by atoms with Crippen molar-refractivity contribution in [2.75, 3.05) is 7.09 Å². The first kappa shape index (κ1) is 11.1. The van der Waals surface area contributed by atoms with Gasteiger partial charge in [0.05, 0.1) is 8.46 Å². The molecule has 0 amide bonds. The largest absolute Gasteiger partial charge is 0.467 e. The second-order valence-electron chi connectivity index (χ2n) is 2.52. The van der Waals surface area contributed by atoms with Gasteiger partial charge in [0, 0.05) is 0 Å². The Hall–Kier alpha value is -1.02. The molecule has 0 unspecified atom stereocenters. The molecule has 0 saturated heterocycles. The number of aliphatic hydroxyl groups excluding tert-OH is 4. The summed E-state index contributed by atoms with van der Waals surface area (Å²) in [5, 5.41) is 35.9. The highest BCUT2D eigenvalue weighted by Gasteiger charge is 2.34. The molecule has 0 aliphatic heterocycles. The topological polar surface area (TPSA) is 124 Å². The Morgan fingerprint density at radius 1 is 1.36 bits per heavy atom. The Morgan fingerprint density at radius 3 is 2.36 bits per heavy atom. The lowest BCUT2D eigenvalue weighted by molar-refractivity contribution is -0.166. The van der Waals surface area contributed by atoms with Crippen LogP contribution in [0, 0.1) is 0 Å². The van der Waals surface area contributed by atoms with Crippen molar-refractivity contribution in [3.8, 4) is 0 Å². The third-order valence-corrected chi connectivity index (χ3v) is 1.55. The molecule has 4 atom stereocenters. The van der Waals surface area contributed by atoms with E-state index in [0.29, 0.717) is 0 Å². The third-order valence-electron chi connectivity index (χ3n) is 1.55. The van der Waals surface area contributed by atoms with Crippen molar-refractivity contribution >= 4 is 12.3 Å². The predicted octanol–water partition coefficient (Wildman–Crippen LogP) is -3.20. The summed E-state index contributed by atoms with van der Waals surface area (Å²) in [6.07, 6.45) is -8.17. The first-order valence-corrected chi connectivity index (χ1v) is 3.59. The average Bonchev–Trinajstić information content (AvgIpc) is 2.25. The molecule has 0 bridgehead atoms. The molecule has 0 aliphatic rings. The zero-order chi connectivity index (χ0) is 12.0.